The number of nitrogens with one attached hydrogen (secondary N) is 1. The number of rotatable bonds is 6. The molecular formula is C13H17Cl2NO2. The molecule has 0 spiro atoms. The number of carbonyl (C=O) groups excluding carboxylic acids is 1. The van der Waals surface area contributed by atoms with Crippen LogP contribution >= 0.6 is 23.2 Å². The van der Waals surface area contributed by atoms with Crippen molar-refractivity contribution in [1.82, 2.24) is 5.32 Å². The first-order valence-corrected chi connectivity index (χ1v) is 6.70. The summed E-state index contributed by atoms with van der Waals surface area (Å²) < 4.78 is 5.05. The fourth-order valence-corrected chi connectivity index (χ4v) is 2.14. The SMILES string of the molecule is CCCNC(C(=O)OCC)c1cc(Cl)cc(Cl)c1. The van der Waals surface area contributed by atoms with Gasteiger partial charge in [-0.25, -0.2) is 4.79 Å². The summed E-state index contributed by atoms with van der Waals surface area (Å²) in [6, 6.07) is 4.55. The van der Waals surface area contributed by atoms with E-state index in [1.165, 1.54) is 0 Å². The molecule has 0 saturated carbocycles. The molecule has 0 saturated heterocycles. The smallest absolute Gasteiger partial charge is 0.327 e. The highest BCUT2D eigenvalue weighted by Crippen LogP contribution is 2.24. The number of halogens is 2. The third-order valence-corrected chi connectivity index (χ3v) is 2.78. The zero-order valence-corrected chi connectivity index (χ0v) is 12.0. The molecule has 1 atom stereocenters. The zero-order chi connectivity index (χ0) is 13.5. The van der Waals surface area contributed by atoms with Gasteiger partial charge in [0.05, 0.1) is 6.61 Å². The molecular weight excluding hydrogens is 273 g/mol. The second-order valence-electron chi connectivity index (χ2n) is 3.84. The predicted molar refractivity (Wildman–Crippen MR) is 74.1 cm³/mol. The number of ether oxygens (including phenoxy) is 1. The Kier molecular flexibility index (Phi) is 6.47. The number of esters is 1. The highest BCUT2D eigenvalue weighted by atomic mass is 35.5. The van der Waals surface area contributed by atoms with Crippen LogP contribution in [0.25, 0.3) is 0 Å². The molecule has 0 amide bonds. The molecule has 1 aromatic rings. The van der Waals surface area contributed by atoms with Crippen molar-refractivity contribution >= 4 is 29.2 Å². The first-order chi connectivity index (χ1) is 8.58. The molecule has 0 radical (unpaired) electrons. The normalized spacial score (nSPS) is 12.2. The lowest BCUT2D eigenvalue weighted by Crippen LogP contribution is -2.30. The van der Waals surface area contributed by atoms with Crippen molar-refractivity contribution in [3.8, 4) is 0 Å². The largest absolute Gasteiger partial charge is 0.465 e. The maximum Gasteiger partial charge on any atom is 0.327 e. The van der Waals surface area contributed by atoms with Crippen molar-refractivity contribution in [1.29, 1.82) is 0 Å². The summed E-state index contributed by atoms with van der Waals surface area (Å²) >= 11 is 11.9. The molecule has 3 nitrogen and oxygen atoms in total. The average Bonchev–Trinajstić information content (AvgIpc) is 2.28. The Morgan fingerprint density at radius 3 is 2.39 bits per heavy atom. The molecule has 100 valence electrons. The quantitative estimate of drug-likeness (QED) is 0.814. The van der Waals surface area contributed by atoms with Gasteiger partial charge in [-0.2, -0.15) is 0 Å². The number of benzene rings is 1. The van der Waals surface area contributed by atoms with E-state index in [1.807, 2.05) is 6.92 Å². The minimum absolute atomic E-state index is 0.315. The second-order valence-corrected chi connectivity index (χ2v) is 4.71. The maximum absolute atomic E-state index is 11.9. The Labute approximate surface area is 117 Å². The van der Waals surface area contributed by atoms with E-state index >= 15 is 0 Å². The van der Waals surface area contributed by atoms with Gasteiger partial charge in [0.15, 0.2) is 0 Å². The van der Waals surface area contributed by atoms with Gasteiger partial charge in [0.25, 0.3) is 0 Å². The van der Waals surface area contributed by atoms with Crippen LogP contribution in [0, 0.1) is 0 Å². The summed E-state index contributed by atoms with van der Waals surface area (Å²) in [6.45, 7) is 4.87. The lowest BCUT2D eigenvalue weighted by atomic mass is 10.1. The minimum atomic E-state index is -0.527. The average molecular weight is 290 g/mol. The lowest BCUT2D eigenvalue weighted by Gasteiger charge is -2.17. The summed E-state index contributed by atoms with van der Waals surface area (Å²) in [4.78, 5) is 11.9. The van der Waals surface area contributed by atoms with Crippen LogP contribution in [0.2, 0.25) is 10.0 Å². The molecule has 0 aliphatic heterocycles. The van der Waals surface area contributed by atoms with E-state index in [-0.39, 0.29) is 5.97 Å². The van der Waals surface area contributed by atoms with Crippen LogP contribution in [0.15, 0.2) is 18.2 Å². The van der Waals surface area contributed by atoms with E-state index in [0.29, 0.717) is 23.2 Å². The van der Waals surface area contributed by atoms with Gasteiger partial charge in [0.2, 0.25) is 0 Å². The molecule has 0 bridgehead atoms. The molecule has 1 N–H and O–H groups in total. The highest BCUT2D eigenvalue weighted by molar-refractivity contribution is 6.34. The van der Waals surface area contributed by atoms with Crippen LogP contribution in [0.5, 0.6) is 0 Å². The molecule has 0 aliphatic carbocycles. The van der Waals surface area contributed by atoms with E-state index in [9.17, 15) is 4.79 Å². The molecule has 0 fully saturated rings. The Morgan fingerprint density at radius 2 is 1.89 bits per heavy atom. The summed E-state index contributed by atoms with van der Waals surface area (Å²) in [5.41, 5.74) is 0.722. The Morgan fingerprint density at radius 1 is 1.28 bits per heavy atom. The highest BCUT2D eigenvalue weighted by Gasteiger charge is 2.21. The molecule has 18 heavy (non-hydrogen) atoms. The molecule has 1 aromatic carbocycles. The van der Waals surface area contributed by atoms with E-state index in [2.05, 4.69) is 5.32 Å². The van der Waals surface area contributed by atoms with Crippen molar-refractivity contribution in [3.05, 3.63) is 33.8 Å². The third kappa shape index (κ3) is 4.48. The zero-order valence-electron chi connectivity index (χ0n) is 10.5. The summed E-state index contributed by atoms with van der Waals surface area (Å²) in [5.74, 6) is -0.315. The summed E-state index contributed by atoms with van der Waals surface area (Å²) in [5, 5.41) is 4.14. The van der Waals surface area contributed by atoms with Crippen LogP contribution in [0.4, 0.5) is 0 Å². The second kappa shape index (κ2) is 7.62. The maximum atomic E-state index is 11.9. The third-order valence-electron chi connectivity index (χ3n) is 2.34. The van der Waals surface area contributed by atoms with Crippen LogP contribution < -0.4 is 5.32 Å². The monoisotopic (exact) mass is 289 g/mol. The van der Waals surface area contributed by atoms with E-state index in [1.54, 1.807) is 25.1 Å². The van der Waals surface area contributed by atoms with Gasteiger partial charge in [-0.05, 0) is 43.7 Å². The van der Waals surface area contributed by atoms with Crippen molar-refractivity contribution < 1.29 is 9.53 Å². The van der Waals surface area contributed by atoms with Gasteiger partial charge in [-0.1, -0.05) is 30.1 Å². The number of hydrogen-bond acceptors (Lipinski definition) is 3. The summed E-state index contributed by atoms with van der Waals surface area (Å²) in [6.07, 6.45) is 0.921. The van der Waals surface area contributed by atoms with Crippen molar-refractivity contribution in [2.75, 3.05) is 13.2 Å². The fourth-order valence-electron chi connectivity index (χ4n) is 1.59. The van der Waals surface area contributed by atoms with Crippen LogP contribution in [0.1, 0.15) is 31.9 Å². The molecule has 1 rings (SSSR count). The van der Waals surface area contributed by atoms with Crippen molar-refractivity contribution in [3.63, 3.8) is 0 Å². The topological polar surface area (TPSA) is 38.3 Å². The molecule has 0 aliphatic rings. The van der Waals surface area contributed by atoms with Crippen LogP contribution in [0.3, 0.4) is 0 Å². The lowest BCUT2D eigenvalue weighted by molar-refractivity contribution is -0.145. The first-order valence-electron chi connectivity index (χ1n) is 5.94. The van der Waals surface area contributed by atoms with Gasteiger partial charge >= 0.3 is 5.97 Å². The minimum Gasteiger partial charge on any atom is -0.465 e. The first kappa shape index (κ1) is 15.3. The molecule has 0 heterocycles. The van der Waals surface area contributed by atoms with Gasteiger partial charge < -0.3 is 10.1 Å². The standard InChI is InChI=1S/C13H17Cl2NO2/c1-3-5-16-12(13(17)18-4-2)9-6-10(14)8-11(15)7-9/h6-8,12,16H,3-5H2,1-2H3. The van der Waals surface area contributed by atoms with E-state index < -0.39 is 6.04 Å². The Hall–Kier alpha value is -0.770. The molecule has 5 heteroatoms. The van der Waals surface area contributed by atoms with Crippen LogP contribution in [-0.2, 0) is 9.53 Å². The van der Waals surface area contributed by atoms with Gasteiger partial charge in [-0.15, -0.1) is 0 Å². The number of hydrogen-bond donors (Lipinski definition) is 1. The van der Waals surface area contributed by atoms with E-state index in [4.69, 9.17) is 27.9 Å². The van der Waals surface area contributed by atoms with E-state index in [0.717, 1.165) is 12.0 Å². The van der Waals surface area contributed by atoms with Gasteiger partial charge in [-0.3, -0.25) is 0 Å². The Balaban J connectivity index is 2.96. The van der Waals surface area contributed by atoms with Crippen molar-refractivity contribution in [2.24, 2.45) is 0 Å². The predicted octanol–water partition coefficient (Wildman–Crippen LogP) is 3.60. The molecule has 1 unspecified atom stereocenters. The fraction of sp³-hybridized carbons (Fsp3) is 0.462. The van der Waals surface area contributed by atoms with Crippen molar-refractivity contribution in [2.45, 2.75) is 26.3 Å². The van der Waals surface area contributed by atoms with Gasteiger partial charge in [0.1, 0.15) is 6.04 Å². The van der Waals surface area contributed by atoms with Gasteiger partial charge in [0, 0.05) is 10.0 Å². The number of carbonyl (C=O) groups is 1. The summed E-state index contributed by atoms with van der Waals surface area (Å²) in [7, 11) is 0. The Bertz CT molecular complexity index is 390. The molecule has 0 aromatic heterocycles. The van der Waals surface area contributed by atoms with Crippen LogP contribution in [-0.4, -0.2) is 19.1 Å².